The van der Waals surface area contributed by atoms with Crippen molar-refractivity contribution < 1.29 is 0 Å². The number of allylic oxidation sites excluding steroid dienone is 1. The molecule has 2 atom stereocenters. The summed E-state index contributed by atoms with van der Waals surface area (Å²) in [5, 5.41) is 3.18. The molecule has 82 valence electrons. The lowest BCUT2D eigenvalue weighted by Crippen LogP contribution is -2.17. The highest BCUT2D eigenvalue weighted by Crippen LogP contribution is 2.37. The van der Waals surface area contributed by atoms with Gasteiger partial charge in [0.2, 0.25) is 0 Å². The number of hydrogen-bond acceptors (Lipinski definition) is 1. The van der Waals surface area contributed by atoms with Gasteiger partial charge in [0.15, 0.2) is 0 Å². The fourth-order valence-electron chi connectivity index (χ4n) is 2.09. The third-order valence-electron chi connectivity index (χ3n) is 3.02. The Morgan fingerprint density at radius 2 is 1.93 bits per heavy atom. The normalized spacial score (nSPS) is 26.7. The van der Waals surface area contributed by atoms with E-state index in [-0.39, 0.29) is 0 Å². The first kappa shape index (κ1) is 12.2. The lowest BCUT2D eigenvalue weighted by Gasteiger charge is -2.22. The second kappa shape index (κ2) is 5.85. The van der Waals surface area contributed by atoms with Crippen LogP contribution in [0.25, 0.3) is 0 Å². The zero-order valence-corrected chi connectivity index (χ0v) is 10.8. The van der Waals surface area contributed by atoms with Crippen LogP contribution in [0, 0.1) is 17.8 Å². The number of hydrogen-bond donors (Lipinski definition) is 0. The van der Waals surface area contributed by atoms with E-state index < -0.39 is 0 Å². The van der Waals surface area contributed by atoms with Gasteiger partial charge in [-0.1, -0.05) is 46.6 Å². The predicted molar refractivity (Wildman–Crippen MR) is 67.5 cm³/mol. The molecule has 1 rings (SSSR count). The minimum atomic E-state index is 0.810. The average Bonchev–Trinajstić information content (AvgIpc) is 2.51. The summed E-state index contributed by atoms with van der Waals surface area (Å²) in [6.45, 7) is 9.33. The molecule has 1 aliphatic rings. The van der Waals surface area contributed by atoms with Crippen LogP contribution < -0.4 is 0 Å². The minimum absolute atomic E-state index is 0.810. The van der Waals surface area contributed by atoms with Crippen LogP contribution in [0.4, 0.5) is 0 Å². The van der Waals surface area contributed by atoms with Crippen molar-refractivity contribution in [3.8, 4) is 0 Å². The van der Waals surface area contributed by atoms with E-state index in [0.29, 0.717) is 0 Å². The molecule has 0 saturated carbocycles. The molecule has 0 N–H and O–H groups in total. The minimum Gasteiger partial charge on any atom is -0.130 e. The van der Waals surface area contributed by atoms with Crippen LogP contribution in [0.1, 0.15) is 47.0 Å². The summed E-state index contributed by atoms with van der Waals surface area (Å²) < 4.78 is 0. The van der Waals surface area contributed by atoms with E-state index in [4.69, 9.17) is 0 Å². The maximum atomic E-state index is 2.41. The first-order valence-corrected chi connectivity index (χ1v) is 6.87. The summed E-state index contributed by atoms with van der Waals surface area (Å²) in [7, 11) is 0. The third-order valence-corrected chi connectivity index (χ3v) is 4.24. The van der Waals surface area contributed by atoms with Crippen molar-refractivity contribution in [2.75, 3.05) is 0 Å². The van der Waals surface area contributed by atoms with Crippen molar-refractivity contribution >= 4 is 11.8 Å². The summed E-state index contributed by atoms with van der Waals surface area (Å²) in [4.78, 5) is 0. The second-order valence-electron chi connectivity index (χ2n) is 5.15. The van der Waals surface area contributed by atoms with Crippen LogP contribution in [0.15, 0.2) is 11.5 Å². The van der Waals surface area contributed by atoms with E-state index in [1.807, 2.05) is 11.8 Å². The van der Waals surface area contributed by atoms with E-state index in [1.54, 1.807) is 0 Å². The standard InChI is InChI=1S/C13H24S/c1-10(2)6-5-7-13-12(11(3)4)8-9-14-13/h8-13H,5-7H2,1-4H3. The fraction of sp³-hybridized carbons (Fsp3) is 0.846. The van der Waals surface area contributed by atoms with Crippen molar-refractivity contribution in [2.45, 2.75) is 52.2 Å². The molecule has 1 heterocycles. The molecule has 0 nitrogen and oxygen atoms in total. The van der Waals surface area contributed by atoms with Crippen LogP contribution in [-0.2, 0) is 0 Å². The molecule has 0 aromatic carbocycles. The topological polar surface area (TPSA) is 0 Å². The zero-order valence-electron chi connectivity index (χ0n) is 9.99. The van der Waals surface area contributed by atoms with Gasteiger partial charge < -0.3 is 0 Å². The van der Waals surface area contributed by atoms with Gasteiger partial charge in [-0.05, 0) is 29.6 Å². The number of rotatable bonds is 5. The van der Waals surface area contributed by atoms with Crippen LogP contribution in [0.5, 0.6) is 0 Å². The van der Waals surface area contributed by atoms with Crippen molar-refractivity contribution in [3.63, 3.8) is 0 Å². The van der Waals surface area contributed by atoms with Gasteiger partial charge in [0, 0.05) is 5.25 Å². The van der Waals surface area contributed by atoms with Crippen molar-refractivity contribution in [2.24, 2.45) is 17.8 Å². The second-order valence-corrected chi connectivity index (χ2v) is 6.30. The summed E-state index contributed by atoms with van der Waals surface area (Å²) >= 11 is 2.05. The van der Waals surface area contributed by atoms with Gasteiger partial charge in [-0.25, -0.2) is 0 Å². The SMILES string of the molecule is CC(C)CCCC1SC=CC1C(C)C. The summed E-state index contributed by atoms with van der Waals surface area (Å²) in [5.74, 6) is 2.50. The van der Waals surface area contributed by atoms with Gasteiger partial charge in [-0.3, -0.25) is 0 Å². The van der Waals surface area contributed by atoms with Crippen LogP contribution in [0.2, 0.25) is 0 Å². The van der Waals surface area contributed by atoms with Crippen molar-refractivity contribution in [3.05, 3.63) is 11.5 Å². The van der Waals surface area contributed by atoms with E-state index in [1.165, 1.54) is 19.3 Å². The van der Waals surface area contributed by atoms with E-state index in [0.717, 1.165) is 23.0 Å². The van der Waals surface area contributed by atoms with Gasteiger partial charge in [-0.2, -0.15) is 0 Å². The summed E-state index contributed by atoms with van der Waals surface area (Å²) in [5.41, 5.74) is 0. The molecule has 0 aromatic heterocycles. The Hall–Kier alpha value is 0.0900. The summed E-state index contributed by atoms with van der Waals surface area (Å²) in [6.07, 6.45) is 6.61. The van der Waals surface area contributed by atoms with Crippen LogP contribution in [-0.4, -0.2) is 5.25 Å². The molecule has 1 aliphatic heterocycles. The molecule has 0 aromatic rings. The molecule has 1 heteroatoms. The van der Waals surface area contributed by atoms with Gasteiger partial charge in [0.05, 0.1) is 0 Å². The Labute approximate surface area is 93.5 Å². The van der Waals surface area contributed by atoms with E-state index in [9.17, 15) is 0 Å². The highest BCUT2D eigenvalue weighted by atomic mass is 32.2. The van der Waals surface area contributed by atoms with Crippen LogP contribution in [0.3, 0.4) is 0 Å². The molecule has 2 unspecified atom stereocenters. The molecule has 0 amide bonds. The largest absolute Gasteiger partial charge is 0.130 e. The smallest absolute Gasteiger partial charge is 0.0154 e. The Kier molecular flexibility index (Phi) is 5.08. The predicted octanol–water partition coefficient (Wildman–Crippen LogP) is 4.71. The van der Waals surface area contributed by atoms with Gasteiger partial charge in [0.1, 0.15) is 0 Å². The summed E-state index contributed by atoms with van der Waals surface area (Å²) in [6, 6.07) is 0. The highest BCUT2D eigenvalue weighted by Gasteiger charge is 2.25. The molecule has 14 heavy (non-hydrogen) atoms. The maximum Gasteiger partial charge on any atom is 0.0154 e. The van der Waals surface area contributed by atoms with Crippen LogP contribution >= 0.6 is 11.8 Å². The Balaban J connectivity index is 2.24. The number of thioether (sulfide) groups is 1. The lowest BCUT2D eigenvalue weighted by atomic mass is 9.89. The average molecular weight is 212 g/mol. The van der Waals surface area contributed by atoms with Gasteiger partial charge in [-0.15, -0.1) is 11.8 Å². The van der Waals surface area contributed by atoms with E-state index >= 15 is 0 Å². The lowest BCUT2D eigenvalue weighted by molar-refractivity contribution is 0.422. The Bertz CT molecular complexity index is 182. The van der Waals surface area contributed by atoms with E-state index in [2.05, 4.69) is 39.2 Å². The van der Waals surface area contributed by atoms with Gasteiger partial charge in [0.25, 0.3) is 0 Å². The monoisotopic (exact) mass is 212 g/mol. The third kappa shape index (κ3) is 3.68. The van der Waals surface area contributed by atoms with Crippen molar-refractivity contribution in [1.29, 1.82) is 0 Å². The molecule has 0 fully saturated rings. The van der Waals surface area contributed by atoms with Crippen molar-refractivity contribution in [1.82, 2.24) is 0 Å². The fourth-order valence-corrected chi connectivity index (χ4v) is 3.45. The molecule has 0 saturated heterocycles. The Morgan fingerprint density at radius 3 is 2.50 bits per heavy atom. The zero-order chi connectivity index (χ0) is 10.6. The van der Waals surface area contributed by atoms with Gasteiger partial charge >= 0.3 is 0 Å². The molecular weight excluding hydrogens is 188 g/mol. The first-order chi connectivity index (χ1) is 6.61. The molecule has 0 aliphatic carbocycles. The molecule has 0 spiro atoms. The first-order valence-electron chi connectivity index (χ1n) is 5.93. The molecular formula is C13H24S. The maximum absolute atomic E-state index is 2.41. The molecule has 0 bridgehead atoms. The Morgan fingerprint density at radius 1 is 1.21 bits per heavy atom. The molecule has 0 radical (unpaired) electrons. The highest BCUT2D eigenvalue weighted by molar-refractivity contribution is 8.03. The quantitative estimate of drug-likeness (QED) is 0.636.